The van der Waals surface area contributed by atoms with Crippen molar-refractivity contribution < 1.29 is 63.6 Å². The minimum Gasteiger partial charge on any atom is -0.504 e. The number of nitrogens with two attached hydrogens (primary N) is 1. The number of benzene rings is 1. The molecule has 3 aliphatic rings. The molecule has 24 heteroatoms. The molecule has 1 aromatic carbocycles. The third kappa shape index (κ3) is 8.49. The molecule has 59 heavy (non-hydrogen) atoms. The van der Waals surface area contributed by atoms with E-state index >= 15 is 0 Å². The zero-order chi connectivity index (χ0) is 42.9. The Kier molecular flexibility index (Phi) is 12.4. The Morgan fingerprint density at radius 3 is 2.47 bits per heavy atom. The Balaban J connectivity index is 1.17. The highest BCUT2D eigenvalue weighted by Gasteiger charge is 2.55. The van der Waals surface area contributed by atoms with Crippen LogP contribution in [-0.4, -0.2) is 142 Å². The number of likely N-dealkylation sites (tertiary alicyclic amines) is 1. The first-order valence-electron chi connectivity index (χ1n) is 18.0. The number of phenols is 2. The number of thiazole rings is 1. The fraction of sp³-hybridized carbons (Fsp3) is 0.400. The number of hydrogen-bond acceptors (Lipinski definition) is 15. The van der Waals surface area contributed by atoms with E-state index in [-0.39, 0.29) is 56.9 Å². The zero-order valence-corrected chi connectivity index (χ0v) is 33.4. The maximum atomic E-state index is 13.6. The number of carboxylic acid groups (broad SMARTS) is 3. The van der Waals surface area contributed by atoms with Gasteiger partial charge in [-0.15, -0.1) is 23.1 Å². The number of carbonyl (C=O) groups is 6. The molecule has 3 aliphatic heterocycles. The summed E-state index contributed by atoms with van der Waals surface area (Å²) >= 11 is 8.36. The number of thioether (sulfide) groups is 1. The lowest BCUT2D eigenvalue weighted by atomic mass is 10.0. The second-order valence-electron chi connectivity index (χ2n) is 13.9. The lowest BCUT2D eigenvalue weighted by molar-refractivity contribution is -0.911. The number of carboxylic acids is 3. The largest absolute Gasteiger partial charge is 0.504 e. The minimum absolute atomic E-state index is 0.0140. The molecule has 2 fully saturated rings. The number of amides is 3. The van der Waals surface area contributed by atoms with Crippen molar-refractivity contribution in [3.05, 3.63) is 55.4 Å². The second-order valence-corrected chi connectivity index (χ2v) is 16.3. The Morgan fingerprint density at radius 2 is 1.86 bits per heavy atom. The van der Waals surface area contributed by atoms with Crippen molar-refractivity contribution in [2.75, 3.05) is 44.2 Å². The number of halogens is 1. The van der Waals surface area contributed by atoms with E-state index in [2.05, 4.69) is 20.8 Å². The average Bonchev–Trinajstić information content (AvgIpc) is 3.83. The Labute approximate surface area is 346 Å². The van der Waals surface area contributed by atoms with Crippen LogP contribution >= 0.6 is 34.7 Å². The molecule has 3 amide bonds. The number of aliphatic carboxylic acids is 3. The van der Waals surface area contributed by atoms with E-state index < -0.39 is 82.2 Å². The van der Waals surface area contributed by atoms with E-state index in [1.165, 1.54) is 29.4 Å². The summed E-state index contributed by atoms with van der Waals surface area (Å²) in [7, 11) is 0. The number of hydrogen-bond donors (Lipinski definition) is 8. The number of nitrogens with zero attached hydrogens (tertiary/aromatic N) is 5. The summed E-state index contributed by atoms with van der Waals surface area (Å²) in [6, 6.07) is -0.0447. The first-order chi connectivity index (χ1) is 28.0. The van der Waals surface area contributed by atoms with Crippen molar-refractivity contribution in [3.8, 4) is 11.5 Å². The number of rotatable bonds is 16. The topological polar surface area (TPSA) is 313 Å². The van der Waals surface area contributed by atoms with Gasteiger partial charge in [-0.3, -0.25) is 28.9 Å². The number of pyridine rings is 1. The van der Waals surface area contributed by atoms with Crippen LogP contribution in [0.1, 0.15) is 42.2 Å². The molecule has 0 aliphatic carbocycles. The lowest BCUT2D eigenvalue weighted by Gasteiger charge is -2.50. The van der Waals surface area contributed by atoms with Gasteiger partial charge in [0.15, 0.2) is 22.3 Å². The highest BCUT2D eigenvalue weighted by molar-refractivity contribution is 8.00. The molecule has 314 valence electrons. The van der Waals surface area contributed by atoms with Crippen molar-refractivity contribution in [2.45, 2.75) is 50.3 Å². The third-order valence-electron chi connectivity index (χ3n) is 10.2. The van der Waals surface area contributed by atoms with Crippen molar-refractivity contribution in [3.63, 3.8) is 0 Å². The summed E-state index contributed by atoms with van der Waals surface area (Å²) in [4.78, 5) is 99.2. The van der Waals surface area contributed by atoms with Crippen LogP contribution in [-0.2, 0) is 35.4 Å². The van der Waals surface area contributed by atoms with Gasteiger partial charge in [-0.2, -0.15) is 0 Å². The SMILES string of the molecule is CCn1cc(C(=O)NCC[N+]2(CC3=C(C(=O)O)N4C(=O)[C@@H](NC(=O)/C(=N\O[C@@H](CC(=O)O)C(=O)O)c5csc(N)n5)[C@H]4SC3)CCCC2)c(=O)c2c(Cl)c(O)c(O)cc21. The van der Waals surface area contributed by atoms with E-state index in [9.17, 15) is 54.0 Å². The zero-order valence-electron chi connectivity index (χ0n) is 31.0. The van der Waals surface area contributed by atoms with E-state index in [0.29, 0.717) is 36.2 Å². The van der Waals surface area contributed by atoms with Gasteiger partial charge in [0, 0.05) is 48.4 Å². The van der Waals surface area contributed by atoms with Gasteiger partial charge >= 0.3 is 17.9 Å². The molecule has 21 nitrogen and oxygen atoms in total. The maximum Gasteiger partial charge on any atom is 0.352 e. The number of quaternary nitrogens is 1. The Morgan fingerprint density at radius 1 is 1.15 bits per heavy atom. The molecule has 0 radical (unpaired) electrons. The highest BCUT2D eigenvalue weighted by Crippen LogP contribution is 2.42. The van der Waals surface area contributed by atoms with E-state index in [1.54, 1.807) is 11.5 Å². The molecule has 2 aromatic heterocycles. The normalized spacial score (nSPS) is 19.2. The number of aromatic hydroxyl groups is 2. The first kappa shape index (κ1) is 42.7. The van der Waals surface area contributed by atoms with Crippen LogP contribution in [0.25, 0.3) is 10.9 Å². The molecule has 3 atom stereocenters. The van der Waals surface area contributed by atoms with Crippen LogP contribution < -0.4 is 21.8 Å². The van der Waals surface area contributed by atoms with E-state index in [0.717, 1.165) is 29.1 Å². The molecule has 5 heterocycles. The van der Waals surface area contributed by atoms with Gasteiger partial charge in [-0.1, -0.05) is 16.8 Å². The van der Waals surface area contributed by atoms with Crippen LogP contribution in [0, 0.1) is 0 Å². The van der Waals surface area contributed by atoms with Crippen LogP contribution in [0.5, 0.6) is 11.5 Å². The number of fused-ring (bicyclic) bond motifs is 2. The van der Waals surface area contributed by atoms with Crippen molar-refractivity contribution >= 4 is 92.1 Å². The molecule has 0 unspecified atom stereocenters. The standard InChI is InChI=1S/C35H37ClN8O13S2/c1-2-42-11-16(27(48)22-18(42)9-19(45)28(49)23(22)36)29(50)38-5-8-44(6-3-4-7-44)12-15-13-58-32-25(31(52)43(32)26(15)34(55)56)40-30(51)24(17-14-59-35(37)39-17)41-57-20(33(53)54)10-21(46)47/h9,11,14,20,25,32H,2-8,10,12-13H2,1H3,(H8-,37,38,39,40,41,45,46,47,48,49,50,51,53,54,55,56)/p+1/t20-,25+,32+/m0/s1. The van der Waals surface area contributed by atoms with Crippen molar-refractivity contribution in [1.82, 2.24) is 25.1 Å². The fourth-order valence-corrected chi connectivity index (χ4v) is 9.49. The van der Waals surface area contributed by atoms with Gasteiger partial charge in [-0.05, 0) is 6.92 Å². The number of aromatic nitrogens is 2. The molecule has 0 bridgehead atoms. The summed E-state index contributed by atoms with van der Waals surface area (Å²) in [6.07, 6.45) is 0.0412. The van der Waals surface area contributed by atoms with Crippen LogP contribution in [0.4, 0.5) is 5.13 Å². The highest BCUT2D eigenvalue weighted by atomic mass is 35.5. The van der Waals surface area contributed by atoms with Crippen LogP contribution in [0.15, 0.2) is 38.9 Å². The quantitative estimate of drug-likeness (QED) is 0.0320. The van der Waals surface area contributed by atoms with Gasteiger partial charge in [0.25, 0.3) is 17.7 Å². The monoisotopic (exact) mass is 877 g/mol. The number of carbonyl (C=O) groups excluding carboxylic acids is 3. The summed E-state index contributed by atoms with van der Waals surface area (Å²) in [5, 5.41) is 57.8. The molecule has 0 spiro atoms. The average molecular weight is 878 g/mol. The molecule has 6 rings (SSSR count). The third-order valence-corrected chi connectivity index (χ3v) is 12.6. The molecule has 3 aromatic rings. The number of nitrogen functional groups attached to an aromatic ring is 1. The summed E-state index contributed by atoms with van der Waals surface area (Å²) < 4.78 is 1.93. The Bertz CT molecular complexity index is 2390. The fourth-order valence-electron chi connectivity index (χ4n) is 7.33. The maximum absolute atomic E-state index is 13.6. The van der Waals surface area contributed by atoms with Crippen molar-refractivity contribution in [2.24, 2.45) is 5.16 Å². The number of oxime groups is 1. The van der Waals surface area contributed by atoms with Crippen LogP contribution in [0.2, 0.25) is 5.02 Å². The molecular formula is C35H38ClN8O13S2+. The first-order valence-corrected chi connectivity index (χ1v) is 20.3. The lowest BCUT2D eigenvalue weighted by Crippen LogP contribution is -2.71. The number of aryl methyl sites for hydroxylation is 1. The van der Waals surface area contributed by atoms with Gasteiger partial charge in [0.2, 0.25) is 11.5 Å². The summed E-state index contributed by atoms with van der Waals surface area (Å²) in [5.74, 6) is -8.03. The van der Waals surface area contributed by atoms with Crippen LogP contribution in [0.3, 0.4) is 0 Å². The number of β-lactam (4-membered cyclic amide) rings is 1. The van der Waals surface area contributed by atoms with Gasteiger partial charge in [-0.25, -0.2) is 14.6 Å². The van der Waals surface area contributed by atoms with E-state index in [1.807, 2.05) is 0 Å². The number of anilines is 1. The molecular weight excluding hydrogens is 840 g/mol. The summed E-state index contributed by atoms with van der Waals surface area (Å²) in [5.41, 5.74) is 4.46. The Hall–Kier alpha value is -5.91. The molecule has 2 saturated heterocycles. The van der Waals surface area contributed by atoms with Crippen molar-refractivity contribution in [1.29, 1.82) is 0 Å². The minimum atomic E-state index is -1.96. The smallest absolute Gasteiger partial charge is 0.352 e. The molecule has 9 N–H and O–H groups in total. The predicted molar refractivity (Wildman–Crippen MR) is 211 cm³/mol. The second kappa shape index (κ2) is 17.1. The van der Waals surface area contributed by atoms with Gasteiger partial charge in [0.1, 0.15) is 34.9 Å². The number of nitrogens with one attached hydrogen (secondary N) is 2. The predicted octanol–water partition coefficient (Wildman–Crippen LogP) is 0.553. The van der Waals surface area contributed by atoms with Gasteiger partial charge < -0.3 is 55.8 Å². The number of phenolic OH excluding ortho intramolecular Hbond substituents is 2. The van der Waals surface area contributed by atoms with E-state index in [4.69, 9.17) is 27.3 Å². The molecule has 0 saturated carbocycles. The van der Waals surface area contributed by atoms with Gasteiger partial charge in [0.05, 0.1) is 48.5 Å². The summed E-state index contributed by atoms with van der Waals surface area (Å²) in [6.45, 7) is 4.04.